The molecule has 1 aliphatic heterocycles. The minimum Gasteiger partial charge on any atom is -0.322 e. The Morgan fingerprint density at radius 2 is 1.81 bits per heavy atom. The second-order valence-corrected chi connectivity index (χ2v) is 8.16. The van der Waals surface area contributed by atoms with Crippen LogP contribution in [0.2, 0.25) is 0 Å². The number of nitrogens with zero attached hydrogens (tertiary/aromatic N) is 1. The smallest absolute Gasteiger partial charge is 0.255 e. The van der Waals surface area contributed by atoms with Crippen LogP contribution in [0.25, 0.3) is 0 Å². The van der Waals surface area contributed by atoms with E-state index < -0.39 is 21.8 Å². The number of para-hydroxylation sites is 1. The maximum absolute atomic E-state index is 12.4. The van der Waals surface area contributed by atoms with Gasteiger partial charge in [0, 0.05) is 11.3 Å². The number of anilines is 2. The van der Waals surface area contributed by atoms with Gasteiger partial charge in [0.1, 0.15) is 0 Å². The summed E-state index contributed by atoms with van der Waals surface area (Å²) in [4.78, 5) is 24.6. The molecule has 7 heteroatoms. The van der Waals surface area contributed by atoms with Crippen LogP contribution in [0, 0.1) is 5.92 Å². The topological polar surface area (TPSA) is 83.6 Å². The highest BCUT2D eigenvalue weighted by atomic mass is 32.2. The van der Waals surface area contributed by atoms with E-state index in [-0.39, 0.29) is 17.3 Å². The van der Waals surface area contributed by atoms with Gasteiger partial charge in [-0.15, -0.1) is 0 Å². The molecule has 3 rings (SSSR count). The van der Waals surface area contributed by atoms with E-state index in [9.17, 15) is 18.0 Å². The van der Waals surface area contributed by atoms with Crippen molar-refractivity contribution in [3.05, 3.63) is 59.7 Å². The summed E-state index contributed by atoms with van der Waals surface area (Å²) in [5.74, 6) is -1.49. The first kappa shape index (κ1) is 18.1. The molecule has 1 fully saturated rings. The van der Waals surface area contributed by atoms with Crippen molar-refractivity contribution >= 4 is 33.2 Å². The predicted molar refractivity (Wildman–Crippen MR) is 101 cm³/mol. The van der Waals surface area contributed by atoms with Crippen molar-refractivity contribution in [2.24, 2.45) is 5.92 Å². The summed E-state index contributed by atoms with van der Waals surface area (Å²) in [5, 5.41) is 2.86. The van der Waals surface area contributed by atoms with Gasteiger partial charge < -0.3 is 5.32 Å². The van der Waals surface area contributed by atoms with Gasteiger partial charge in [-0.25, -0.2) is 12.7 Å². The van der Waals surface area contributed by atoms with E-state index in [0.717, 1.165) is 22.0 Å². The lowest BCUT2D eigenvalue weighted by molar-refractivity contribution is -0.119. The lowest BCUT2D eigenvalue weighted by Crippen LogP contribution is -2.30. The summed E-state index contributed by atoms with van der Waals surface area (Å²) >= 11 is 0. The summed E-state index contributed by atoms with van der Waals surface area (Å²) in [6, 6.07) is 13.5. The van der Waals surface area contributed by atoms with Crippen LogP contribution >= 0.6 is 0 Å². The zero-order chi connectivity index (χ0) is 18.9. The third-order valence-corrected chi connectivity index (χ3v) is 6.24. The predicted octanol–water partition coefficient (Wildman–Crippen LogP) is 2.81. The fourth-order valence-corrected chi connectivity index (χ4v) is 4.80. The van der Waals surface area contributed by atoms with Crippen LogP contribution in [0.5, 0.6) is 0 Å². The third kappa shape index (κ3) is 3.35. The lowest BCUT2D eigenvalue weighted by Gasteiger charge is -2.15. The molecule has 1 saturated heterocycles. The molecule has 1 N–H and O–H groups in total. The van der Waals surface area contributed by atoms with Crippen molar-refractivity contribution in [2.45, 2.75) is 20.3 Å². The van der Waals surface area contributed by atoms with Crippen LogP contribution in [0.1, 0.15) is 29.8 Å². The Hall–Kier alpha value is -2.67. The molecule has 0 aromatic heterocycles. The second-order valence-electron chi connectivity index (χ2n) is 6.29. The van der Waals surface area contributed by atoms with Gasteiger partial charge in [-0.2, -0.15) is 0 Å². The van der Waals surface area contributed by atoms with E-state index >= 15 is 0 Å². The number of aryl methyl sites for hydroxylation is 1. The number of hydrogen-bond donors (Lipinski definition) is 1. The number of sulfonamides is 1. The maximum Gasteiger partial charge on any atom is 0.255 e. The molecule has 26 heavy (non-hydrogen) atoms. The first-order valence-corrected chi connectivity index (χ1v) is 10.0. The second kappa shape index (κ2) is 6.92. The average Bonchev–Trinajstić information content (AvgIpc) is 2.82. The highest BCUT2D eigenvalue weighted by molar-refractivity contribution is 7.94. The van der Waals surface area contributed by atoms with Crippen LogP contribution in [-0.2, 0) is 21.2 Å². The van der Waals surface area contributed by atoms with E-state index in [0.29, 0.717) is 5.56 Å². The average molecular weight is 372 g/mol. The molecule has 0 unspecified atom stereocenters. The van der Waals surface area contributed by atoms with Crippen molar-refractivity contribution in [2.75, 3.05) is 15.4 Å². The maximum atomic E-state index is 12.4. The van der Waals surface area contributed by atoms with E-state index in [1.165, 1.54) is 24.3 Å². The van der Waals surface area contributed by atoms with Crippen LogP contribution in [0.4, 0.5) is 11.4 Å². The van der Waals surface area contributed by atoms with Crippen LogP contribution in [0.3, 0.4) is 0 Å². The molecule has 2 aromatic rings. The Labute approximate surface area is 152 Å². The van der Waals surface area contributed by atoms with Gasteiger partial charge in [0.2, 0.25) is 15.9 Å². The molecule has 2 amide bonds. The Morgan fingerprint density at radius 1 is 1.15 bits per heavy atom. The van der Waals surface area contributed by atoms with Gasteiger partial charge in [-0.1, -0.05) is 32.0 Å². The summed E-state index contributed by atoms with van der Waals surface area (Å²) < 4.78 is 25.1. The quantitative estimate of drug-likeness (QED) is 0.894. The van der Waals surface area contributed by atoms with E-state index in [1.807, 2.05) is 31.2 Å². The molecule has 6 nitrogen and oxygen atoms in total. The molecule has 0 aliphatic carbocycles. The first-order chi connectivity index (χ1) is 12.3. The van der Waals surface area contributed by atoms with Gasteiger partial charge in [-0.05, 0) is 42.3 Å². The molecule has 1 atom stereocenters. The van der Waals surface area contributed by atoms with Crippen molar-refractivity contribution in [3.63, 3.8) is 0 Å². The number of carbonyl (C=O) groups excluding carboxylic acids is 2. The zero-order valence-electron chi connectivity index (χ0n) is 14.6. The molecule has 0 radical (unpaired) electrons. The van der Waals surface area contributed by atoms with Gasteiger partial charge >= 0.3 is 0 Å². The van der Waals surface area contributed by atoms with Crippen molar-refractivity contribution < 1.29 is 18.0 Å². The number of benzene rings is 2. The van der Waals surface area contributed by atoms with E-state index in [4.69, 9.17) is 0 Å². The SMILES string of the molecule is CCc1ccccc1NC(=O)c1ccc(N2C(=O)[C@H](C)CS2(=O)=O)cc1. The molecule has 0 bridgehead atoms. The fourth-order valence-electron chi connectivity index (χ4n) is 2.98. The van der Waals surface area contributed by atoms with Crippen molar-refractivity contribution in [1.29, 1.82) is 0 Å². The van der Waals surface area contributed by atoms with Gasteiger partial charge in [0.25, 0.3) is 5.91 Å². The normalized spacial score (nSPS) is 18.8. The minimum atomic E-state index is -3.65. The molecular weight excluding hydrogens is 352 g/mol. The number of carbonyl (C=O) groups is 2. The van der Waals surface area contributed by atoms with E-state index in [1.54, 1.807) is 6.92 Å². The summed E-state index contributed by atoms with van der Waals surface area (Å²) in [7, 11) is -3.65. The summed E-state index contributed by atoms with van der Waals surface area (Å²) in [5.41, 5.74) is 2.41. The summed E-state index contributed by atoms with van der Waals surface area (Å²) in [6.07, 6.45) is 0.794. The fraction of sp³-hybridized carbons (Fsp3) is 0.263. The summed E-state index contributed by atoms with van der Waals surface area (Å²) in [6.45, 7) is 3.60. The number of hydrogen-bond acceptors (Lipinski definition) is 4. The van der Waals surface area contributed by atoms with Crippen LogP contribution in [0.15, 0.2) is 48.5 Å². The molecule has 136 valence electrons. The molecule has 2 aromatic carbocycles. The molecule has 0 saturated carbocycles. The first-order valence-electron chi connectivity index (χ1n) is 8.39. The Balaban J connectivity index is 1.82. The largest absolute Gasteiger partial charge is 0.322 e. The standard InChI is InChI=1S/C19H20N2O4S/c1-3-14-6-4-5-7-17(14)20-18(22)15-8-10-16(11-9-15)21-19(23)13(2)12-26(21,24)25/h4-11,13H,3,12H2,1-2H3,(H,20,22)/t13-/m1/s1. The molecule has 1 aliphatic rings. The molecular formula is C19H20N2O4S. The Bertz CT molecular complexity index is 952. The highest BCUT2D eigenvalue weighted by Gasteiger charge is 2.41. The number of amides is 2. The molecule has 0 spiro atoms. The zero-order valence-corrected chi connectivity index (χ0v) is 15.4. The Morgan fingerprint density at radius 3 is 2.38 bits per heavy atom. The van der Waals surface area contributed by atoms with Gasteiger partial charge in [0.15, 0.2) is 0 Å². The lowest BCUT2D eigenvalue weighted by atomic mass is 10.1. The Kier molecular flexibility index (Phi) is 4.82. The third-order valence-electron chi connectivity index (χ3n) is 4.37. The van der Waals surface area contributed by atoms with Crippen LogP contribution < -0.4 is 9.62 Å². The monoisotopic (exact) mass is 372 g/mol. The minimum absolute atomic E-state index is 0.193. The van der Waals surface area contributed by atoms with E-state index in [2.05, 4.69) is 5.32 Å². The number of nitrogens with one attached hydrogen (secondary N) is 1. The molecule has 1 heterocycles. The van der Waals surface area contributed by atoms with Gasteiger partial charge in [0.05, 0.1) is 17.4 Å². The van der Waals surface area contributed by atoms with Crippen molar-refractivity contribution in [3.8, 4) is 0 Å². The van der Waals surface area contributed by atoms with Crippen molar-refractivity contribution in [1.82, 2.24) is 0 Å². The highest BCUT2D eigenvalue weighted by Crippen LogP contribution is 2.28. The van der Waals surface area contributed by atoms with Crippen LogP contribution in [-0.4, -0.2) is 26.0 Å². The van der Waals surface area contributed by atoms with Gasteiger partial charge in [-0.3, -0.25) is 9.59 Å². The number of rotatable bonds is 4.